The molecule has 2 N–H and O–H groups in total. The van der Waals surface area contributed by atoms with E-state index in [4.69, 9.17) is 0 Å². The van der Waals surface area contributed by atoms with Crippen LogP contribution in [0.1, 0.15) is 0 Å². The van der Waals surface area contributed by atoms with E-state index in [2.05, 4.69) is 9.97 Å². The number of rotatable bonds is 2. The molecule has 0 bridgehead atoms. The maximum atomic E-state index is 10.2. The Hall–Kier alpha value is -1.26. The maximum absolute atomic E-state index is 10.2. The van der Waals surface area contributed by atoms with E-state index in [1.54, 1.807) is 0 Å². The smallest absolute Gasteiger partial charge is 0.744 e. The summed E-state index contributed by atoms with van der Waals surface area (Å²) in [6.07, 6.45) is 4.83. The Labute approximate surface area is 140 Å². The van der Waals surface area contributed by atoms with Crippen molar-refractivity contribution in [1.29, 1.82) is 0 Å². The van der Waals surface area contributed by atoms with Gasteiger partial charge in [-0.3, -0.25) is 9.97 Å². The largest absolute Gasteiger partial charge is 2.00 e. The van der Waals surface area contributed by atoms with Gasteiger partial charge in [-0.2, -0.15) is 0 Å². The molecule has 22 heavy (non-hydrogen) atoms. The molecule has 0 saturated carbocycles. The monoisotopic (exact) mass is 440 g/mol. The van der Waals surface area contributed by atoms with E-state index >= 15 is 0 Å². The van der Waals surface area contributed by atoms with Crippen LogP contribution in [-0.2, 0) is 40.7 Å². The van der Waals surface area contributed by atoms with Gasteiger partial charge in [0.1, 0.15) is 20.2 Å². The zero-order valence-electron chi connectivity index (χ0n) is 10.6. The molecule has 0 spiro atoms. The van der Waals surface area contributed by atoms with Gasteiger partial charge in [0.05, 0.1) is 9.79 Å². The number of nitrogens with zero attached hydrogens (tertiary/aromatic N) is 2. The number of hydrogen-bond donors (Lipinski definition) is 0. The van der Waals surface area contributed by atoms with Crippen LogP contribution in [0.3, 0.4) is 0 Å². The van der Waals surface area contributed by atoms with Crippen molar-refractivity contribution in [3.63, 3.8) is 0 Å². The fourth-order valence-corrected chi connectivity index (χ4v) is 1.86. The third-order valence-electron chi connectivity index (χ3n) is 1.85. The van der Waals surface area contributed by atoms with E-state index < -0.39 is 20.2 Å². The number of hydrogen-bond acceptors (Lipinski definition) is 8. The van der Waals surface area contributed by atoms with Crippen LogP contribution in [-0.4, -0.2) is 41.4 Å². The van der Waals surface area contributed by atoms with Crippen molar-refractivity contribution in [3.05, 3.63) is 49.1 Å². The van der Waals surface area contributed by atoms with Crippen molar-refractivity contribution in [3.8, 4) is 0 Å². The molecule has 0 aliphatic heterocycles. The molecule has 0 aliphatic rings. The van der Waals surface area contributed by atoms with E-state index in [-0.39, 0.29) is 35.7 Å². The first-order valence-electron chi connectivity index (χ1n) is 4.93. The summed E-state index contributed by atoms with van der Waals surface area (Å²) in [5.41, 5.74) is 0. The van der Waals surface area contributed by atoms with E-state index in [1.165, 1.54) is 36.7 Å². The van der Waals surface area contributed by atoms with Crippen LogP contribution in [0.2, 0.25) is 0 Å². The summed E-state index contributed by atoms with van der Waals surface area (Å²) in [5, 5.41) is 0. The summed E-state index contributed by atoms with van der Waals surface area (Å²) in [6, 6.07) is 5.19. The quantitative estimate of drug-likeness (QED) is 0.428. The normalized spacial score (nSPS) is 10.3. The van der Waals surface area contributed by atoms with Crippen molar-refractivity contribution in [2.45, 2.75) is 9.79 Å². The first-order chi connectivity index (χ1) is 9.21. The standard InChI is InChI=1S/2C5H5NO3S.H2O.Pd/c2*7-10(8,9)5-2-1-3-6-4-5;;/h2*1-4H,(H,7,8,9);1H2;/q;;;+2/p-2. The van der Waals surface area contributed by atoms with Gasteiger partial charge < -0.3 is 14.6 Å². The number of pyridine rings is 2. The first kappa shape index (κ1) is 23.0. The minimum atomic E-state index is -4.32. The first-order valence-corrected chi connectivity index (χ1v) is 7.75. The summed E-state index contributed by atoms with van der Waals surface area (Å²) in [4.78, 5) is 6.35. The van der Waals surface area contributed by atoms with Crippen molar-refractivity contribution >= 4 is 20.2 Å². The second kappa shape index (κ2) is 9.70. The average molecular weight is 441 g/mol. The minimum Gasteiger partial charge on any atom is -0.744 e. The van der Waals surface area contributed by atoms with Gasteiger partial charge in [0.2, 0.25) is 0 Å². The topological polar surface area (TPSA) is 172 Å². The van der Waals surface area contributed by atoms with E-state index in [0.29, 0.717) is 0 Å². The maximum Gasteiger partial charge on any atom is 2.00 e. The Kier molecular flexibility index (Phi) is 10.1. The molecule has 2 aromatic rings. The predicted octanol–water partition coefficient (Wildman–Crippen LogP) is -0.856. The fourth-order valence-electron chi connectivity index (χ4n) is 0.990. The summed E-state index contributed by atoms with van der Waals surface area (Å²) in [6.45, 7) is 0. The van der Waals surface area contributed by atoms with Crippen LogP contribution in [0, 0.1) is 0 Å². The number of aromatic nitrogens is 2. The van der Waals surface area contributed by atoms with E-state index in [9.17, 15) is 25.9 Å². The fraction of sp³-hybridized carbons (Fsp3) is 0. The van der Waals surface area contributed by atoms with Crippen LogP contribution in [0.25, 0.3) is 0 Å². The van der Waals surface area contributed by atoms with Gasteiger partial charge in [-0.15, -0.1) is 0 Å². The summed E-state index contributed by atoms with van der Waals surface area (Å²) in [5.74, 6) is 0. The molecule has 12 heteroatoms. The molecular weight excluding hydrogens is 431 g/mol. The molecule has 0 saturated heterocycles. The van der Waals surface area contributed by atoms with Gasteiger partial charge in [0, 0.05) is 24.8 Å². The molecule has 0 aromatic carbocycles. The molecule has 0 atom stereocenters. The van der Waals surface area contributed by atoms with Crippen molar-refractivity contribution in [2.75, 3.05) is 0 Å². The van der Waals surface area contributed by atoms with E-state index in [0.717, 1.165) is 12.4 Å². The van der Waals surface area contributed by atoms with Gasteiger partial charge in [-0.25, -0.2) is 16.8 Å². The zero-order valence-corrected chi connectivity index (χ0v) is 13.8. The van der Waals surface area contributed by atoms with Crippen molar-refractivity contribution < 1.29 is 51.8 Å². The van der Waals surface area contributed by atoms with Crippen LogP contribution >= 0.6 is 0 Å². The van der Waals surface area contributed by atoms with Crippen LogP contribution < -0.4 is 0 Å². The molecule has 0 fully saturated rings. The van der Waals surface area contributed by atoms with Crippen molar-refractivity contribution in [2.24, 2.45) is 0 Å². The third kappa shape index (κ3) is 8.25. The second-order valence-electron chi connectivity index (χ2n) is 3.29. The molecule has 0 radical (unpaired) electrons. The van der Waals surface area contributed by atoms with Crippen LogP contribution in [0.4, 0.5) is 0 Å². The van der Waals surface area contributed by atoms with Gasteiger partial charge in [-0.1, -0.05) is 0 Å². The molecule has 0 amide bonds. The third-order valence-corrected chi connectivity index (χ3v) is 3.48. The van der Waals surface area contributed by atoms with Gasteiger partial charge in [-0.05, 0) is 24.3 Å². The Balaban J connectivity index is 0. The van der Waals surface area contributed by atoms with Gasteiger partial charge in [0.15, 0.2) is 0 Å². The average Bonchev–Trinajstić information content (AvgIpc) is 2.40. The zero-order chi connectivity index (χ0) is 15.2. The van der Waals surface area contributed by atoms with Crippen molar-refractivity contribution in [1.82, 2.24) is 9.97 Å². The van der Waals surface area contributed by atoms with E-state index in [1.807, 2.05) is 0 Å². The molecule has 0 aliphatic carbocycles. The summed E-state index contributed by atoms with van der Waals surface area (Å²) in [7, 11) is -8.63. The summed E-state index contributed by atoms with van der Waals surface area (Å²) >= 11 is 0. The molecule has 2 rings (SSSR count). The molecule has 2 aromatic heterocycles. The van der Waals surface area contributed by atoms with Crippen LogP contribution in [0.15, 0.2) is 58.8 Å². The molecular formula is C10H10N2O7PdS2. The Bertz CT molecular complexity index is 685. The Morgan fingerprint density at radius 1 is 0.773 bits per heavy atom. The Morgan fingerprint density at radius 2 is 1.09 bits per heavy atom. The molecule has 2 heterocycles. The summed E-state index contributed by atoms with van der Waals surface area (Å²) < 4.78 is 61.4. The molecule has 0 unspecified atom stereocenters. The minimum absolute atomic E-state index is 0. The molecule has 9 nitrogen and oxygen atoms in total. The van der Waals surface area contributed by atoms with Crippen LogP contribution in [0.5, 0.6) is 0 Å². The predicted molar refractivity (Wildman–Crippen MR) is 68.0 cm³/mol. The Morgan fingerprint density at radius 3 is 1.23 bits per heavy atom. The SMILES string of the molecule is O.O=S(=O)([O-])c1cccnc1.O=S(=O)([O-])c1cccnc1.[Pd+2]. The second-order valence-corrected chi connectivity index (χ2v) is 6.05. The van der Waals surface area contributed by atoms with Gasteiger partial charge in [0.25, 0.3) is 0 Å². The van der Waals surface area contributed by atoms with Gasteiger partial charge >= 0.3 is 20.4 Å². The molecule has 124 valence electrons.